The Labute approximate surface area is 128 Å². The molecule has 2 aromatic carbocycles. The van der Waals surface area contributed by atoms with Gasteiger partial charge < -0.3 is 10.5 Å². The van der Waals surface area contributed by atoms with Crippen LogP contribution in [0.2, 0.25) is 0 Å². The lowest BCUT2D eigenvalue weighted by Gasteiger charge is -2.09. The molecule has 0 unspecified atom stereocenters. The number of aliphatic imine (C=N–C) groups is 1. The quantitative estimate of drug-likeness (QED) is 0.523. The molecule has 0 atom stereocenters. The molecule has 0 aliphatic carbocycles. The number of nitriles is 1. The number of nitrogens with two attached hydrogens (primary N) is 1. The highest BCUT2D eigenvalue weighted by atomic mass is 35.5. The molecule has 0 amide bonds. The number of hydrogen-bond donors (Lipinski definition) is 1. The predicted octanol–water partition coefficient (Wildman–Crippen LogP) is 3.36. The Hall–Kier alpha value is -2.51. The van der Waals surface area contributed by atoms with Gasteiger partial charge in [0.1, 0.15) is 24.3 Å². The van der Waals surface area contributed by atoms with E-state index >= 15 is 0 Å². The lowest BCUT2D eigenvalue weighted by molar-refractivity contribution is 0.305. The van der Waals surface area contributed by atoms with Gasteiger partial charge in [0.25, 0.3) is 0 Å². The second kappa shape index (κ2) is 7.32. The van der Waals surface area contributed by atoms with Gasteiger partial charge in [-0.25, -0.2) is 4.99 Å². The number of rotatable bonds is 5. The van der Waals surface area contributed by atoms with Crippen molar-refractivity contribution in [1.82, 2.24) is 0 Å². The Morgan fingerprint density at radius 3 is 2.67 bits per heavy atom. The van der Waals surface area contributed by atoms with Gasteiger partial charge in [-0.15, -0.1) is 11.6 Å². The highest BCUT2D eigenvalue weighted by Crippen LogP contribution is 2.25. The molecule has 5 heteroatoms. The summed E-state index contributed by atoms with van der Waals surface area (Å²) in [5.41, 5.74) is 7.69. The standard InChI is InChI=1S/C16H14ClN3O/c17-9-16(19)20-14-7-6-13(10-18)15(8-14)21-11-12-4-2-1-3-5-12/h1-8H,9,11H2,(H2,19,20). The highest BCUT2D eigenvalue weighted by molar-refractivity contribution is 6.28. The first-order valence-corrected chi connectivity index (χ1v) is 6.86. The molecule has 0 aliphatic heterocycles. The number of alkyl halides is 1. The zero-order valence-electron chi connectivity index (χ0n) is 11.3. The maximum absolute atomic E-state index is 9.12. The summed E-state index contributed by atoms with van der Waals surface area (Å²) in [6.07, 6.45) is 0. The third-order valence-electron chi connectivity index (χ3n) is 2.73. The van der Waals surface area contributed by atoms with Crippen LogP contribution in [0, 0.1) is 11.3 Å². The zero-order valence-corrected chi connectivity index (χ0v) is 12.0. The van der Waals surface area contributed by atoms with Crippen LogP contribution in [0.3, 0.4) is 0 Å². The zero-order chi connectivity index (χ0) is 15.1. The fraction of sp³-hybridized carbons (Fsp3) is 0.125. The molecular formula is C16H14ClN3O. The molecule has 0 heterocycles. The minimum Gasteiger partial charge on any atom is -0.487 e. The normalized spacial score (nSPS) is 11.0. The van der Waals surface area contributed by atoms with E-state index in [1.54, 1.807) is 18.2 Å². The topological polar surface area (TPSA) is 71.4 Å². The molecule has 0 saturated heterocycles. The summed E-state index contributed by atoms with van der Waals surface area (Å²) in [5, 5.41) is 9.12. The van der Waals surface area contributed by atoms with E-state index in [0.717, 1.165) is 5.56 Å². The van der Waals surface area contributed by atoms with E-state index in [0.29, 0.717) is 29.4 Å². The largest absolute Gasteiger partial charge is 0.487 e. The Morgan fingerprint density at radius 1 is 1.24 bits per heavy atom. The van der Waals surface area contributed by atoms with Crippen LogP contribution in [-0.4, -0.2) is 11.7 Å². The maximum atomic E-state index is 9.12. The molecule has 2 N–H and O–H groups in total. The number of amidine groups is 1. The van der Waals surface area contributed by atoms with Gasteiger partial charge in [0.2, 0.25) is 0 Å². The lowest BCUT2D eigenvalue weighted by atomic mass is 10.2. The lowest BCUT2D eigenvalue weighted by Crippen LogP contribution is -2.12. The third kappa shape index (κ3) is 4.23. The van der Waals surface area contributed by atoms with Crippen molar-refractivity contribution in [2.45, 2.75) is 6.61 Å². The Balaban J connectivity index is 2.20. The van der Waals surface area contributed by atoms with Gasteiger partial charge >= 0.3 is 0 Å². The second-order valence-corrected chi connectivity index (χ2v) is 4.57. The summed E-state index contributed by atoms with van der Waals surface area (Å²) < 4.78 is 5.70. The molecule has 0 aromatic heterocycles. The van der Waals surface area contributed by atoms with E-state index in [2.05, 4.69) is 11.1 Å². The molecule has 2 aromatic rings. The average molecular weight is 300 g/mol. The molecule has 0 fully saturated rings. The van der Waals surface area contributed by atoms with Gasteiger partial charge in [-0.3, -0.25) is 0 Å². The van der Waals surface area contributed by atoms with E-state index in [4.69, 9.17) is 27.3 Å². The molecule has 21 heavy (non-hydrogen) atoms. The van der Waals surface area contributed by atoms with E-state index in [9.17, 15) is 0 Å². The second-order valence-electron chi connectivity index (χ2n) is 4.30. The van der Waals surface area contributed by atoms with Gasteiger partial charge in [0, 0.05) is 6.07 Å². The first kappa shape index (κ1) is 14.9. The predicted molar refractivity (Wildman–Crippen MR) is 83.9 cm³/mol. The van der Waals surface area contributed by atoms with Gasteiger partial charge in [-0.1, -0.05) is 30.3 Å². The van der Waals surface area contributed by atoms with Crippen LogP contribution in [-0.2, 0) is 6.61 Å². The van der Waals surface area contributed by atoms with Gasteiger partial charge in [-0.05, 0) is 17.7 Å². The summed E-state index contributed by atoms with van der Waals surface area (Å²) in [6.45, 7) is 0.383. The highest BCUT2D eigenvalue weighted by Gasteiger charge is 2.05. The minimum absolute atomic E-state index is 0.153. The van der Waals surface area contributed by atoms with Crippen LogP contribution in [0.15, 0.2) is 53.5 Å². The monoisotopic (exact) mass is 299 g/mol. The van der Waals surface area contributed by atoms with Crippen LogP contribution < -0.4 is 10.5 Å². The van der Waals surface area contributed by atoms with Crippen LogP contribution in [0.25, 0.3) is 0 Å². The fourth-order valence-corrected chi connectivity index (χ4v) is 1.78. The maximum Gasteiger partial charge on any atom is 0.139 e. The van der Waals surface area contributed by atoms with Crippen molar-refractivity contribution in [3.63, 3.8) is 0 Å². The van der Waals surface area contributed by atoms with E-state index in [-0.39, 0.29) is 5.88 Å². The molecular weight excluding hydrogens is 286 g/mol. The van der Waals surface area contributed by atoms with E-state index in [1.807, 2.05) is 30.3 Å². The van der Waals surface area contributed by atoms with Crippen LogP contribution >= 0.6 is 11.6 Å². The summed E-state index contributed by atoms with van der Waals surface area (Å²) in [5.74, 6) is 0.945. The fourth-order valence-electron chi connectivity index (χ4n) is 1.72. The summed E-state index contributed by atoms with van der Waals surface area (Å²) >= 11 is 5.60. The Bertz CT molecular complexity index is 678. The molecule has 0 saturated carbocycles. The number of ether oxygens (including phenoxy) is 1. The molecule has 0 bridgehead atoms. The Morgan fingerprint density at radius 2 is 2.00 bits per heavy atom. The first-order chi connectivity index (χ1) is 10.2. The first-order valence-electron chi connectivity index (χ1n) is 6.33. The van der Waals surface area contributed by atoms with Crippen molar-refractivity contribution >= 4 is 23.1 Å². The summed E-state index contributed by atoms with van der Waals surface area (Å²) in [6, 6.07) is 16.9. The molecule has 106 valence electrons. The van der Waals surface area contributed by atoms with Crippen molar-refractivity contribution in [3.05, 3.63) is 59.7 Å². The van der Waals surface area contributed by atoms with E-state index < -0.39 is 0 Å². The third-order valence-corrected chi connectivity index (χ3v) is 3.01. The van der Waals surface area contributed by atoms with Gasteiger partial charge in [0.15, 0.2) is 0 Å². The minimum atomic E-state index is 0.153. The van der Waals surface area contributed by atoms with Gasteiger partial charge in [0.05, 0.1) is 17.1 Å². The average Bonchev–Trinajstić information content (AvgIpc) is 2.54. The molecule has 2 rings (SSSR count). The Kier molecular flexibility index (Phi) is 5.19. The van der Waals surface area contributed by atoms with Gasteiger partial charge in [-0.2, -0.15) is 5.26 Å². The molecule has 4 nitrogen and oxygen atoms in total. The van der Waals surface area contributed by atoms with E-state index in [1.165, 1.54) is 0 Å². The molecule has 0 spiro atoms. The van der Waals surface area contributed by atoms with Crippen LogP contribution in [0.4, 0.5) is 5.69 Å². The van der Waals surface area contributed by atoms with Crippen LogP contribution in [0.1, 0.15) is 11.1 Å². The SMILES string of the molecule is N#Cc1ccc(N=C(N)CCl)cc1OCc1ccccc1. The van der Waals surface area contributed by atoms with Crippen molar-refractivity contribution in [3.8, 4) is 11.8 Å². The number of hydrogen-bond acceptors (Lipinski definition) is 3. The number of nitrogens with zero attached hydrogens (tertiary/aromatic N) is 2. The summed E-state index contributed by atoms with van der Waals surface area (Å²) in [7, 11) is 0. The molecule has 0 aliphatic rings. The molecule has 0 radical (unpaired) electrons. The number of halogens is 1. The van der Waals surface area contributed by atoms with Crippen molar-refractivity contribution in [1.29, 1.82) is 5.26 Å². The smallest absolute Gasteiger partial charge is 0.139 e. The summed E-state index contributed by atoms with van der Waals surface area (Å²) in [4.78, 5) is 4.14. The van der Waals surface area contributed by atoms with Crippen molar-refractivity contribution in [2.24, 2.45) is 10.7 Å². The number of benzene rings is 2. The van der Waals surface area contributed by atoms with Crippen LogP contribution in [0.5, 0.6) is 5.75 Å². The van der Waals surface area contributed by atoms with Crippen molar-refractivity contribution < 1.29 is 4.74 Å². The van der Waals surface area contributed by atoms with Crippen molar-refractivity contribution in [2.75, 3.05) is 5.88 Å².